The largest absolute Gasteiger partial charge is 0.456 e. The van der Waals surface area contributed by atoms with Gasteiger partial charge in [-0.05, 0) is 173 Å². The number of para-hydroxylation sites is 1. The van der Waals surface area contributed by atoms with E-state index in [4.69, 9.17) is 4.42 Å². The Bertz CT molecular complexity index is 4680. The molecule has 11 aromatic rings. The Balaban J connectivity index is 1.11. The molecule has 89 heavy (non-hydrogen) atoms. The molecule has 0 bridgehead atoms. The summed E-state index contributed by atoms with van der Waals surface area (Å²) in [6, 6.07) is 77.8. The van der Waals surface area contributed by atoms with Gasteiger partial charge in [-0.25, -0.2) is 0 Å². The zero-order chi connectivity index (χ0) is 62.4. The van der Waals surface area contributed by atoms with Crippen molar-refractivity contribution in [3.63, 3.8) is 0 Å². The van der Waals surface area contributed by atoms with Crippen LogP contribution in [0.15, 0.2) is 205 Å². The highest BCUT2D eigenvalue weighted by Crippen LogP contribution is 2.57. The highest BCUT2D eigenvalue weighted by Gasteiger charge is 2.50. The second-order valence-corrected chi connectivity index (χ2v) is 31.5. The van der Waals surface area contributed by atoms with Crippen molar-refractivity contribution in [2.45, 2.75) is 156 Å². The lowest BCUT2D eigenvalue weighted by Gasteiger charge is -2.49. The molecule has 0 atom stereocenters. The van der Waals surface area contributed by atoms with Crippen molar-refractivity contribution in [1.29, 1.82) is 0 Å². The molecule has 0 amide bonds. The molecule has 10 aromatic carbocycles. The molecule has 4 aliphatic rings. The minimum Gasteiger partial charge on any atom is -0.456 e. The van der Waals surface area contributed by atoms with Crippen LogP contribution >= 0.6 is 0 Å². The van der Waals surface area contributed by atoms with Crippen LogP contribution in [0.5, 0.6) is 0 Å². The average molecular weight is 1160 g/mol. The monoisotopic (exact) mass is 1160 g/mol. The van der Waals surface area contributed by atoms with Crippen LogP contribution in [0.1, 0.15) is 179 Å². The fraction of sp³-hybridized carbons (Fsp3) is 0.286. The SMILES string of the molecule is CC(C)(C)c1ccc(N(c2ccc(C(C)(C)C)cc2)c2cc3c4c(c2)N(c2cccc5oc6ccccc6c25)c2ccc(C(C)(C)C)cc2B4c2cc4c(cc2N3c2ccc3c(c2)C(C)(C)c2ccccc2C3(C)C)C(C)(C)c2ccccc2C4(C)C)cc1. The fourth-order valence-corrected chi connectivity index (χ4v) is 16.3. The van der Waals surface area contributed by atoms with Crippen molar-refractivity contribution in [2.24, 2.45) is 0 Å². The second kappa shape index (κ2) is 19.0. The summed E-state index contributed by atoms with van der Waals surface area (Å²) in [5.74, 6) is 0. The van der Waals surface area contributed by atoms with Gasteiger partial charge in [-0.3, -0.25) is 0 Å². The lowest BCUT2D eigenvalue weighted by molar-refractivity contribution is 0.520. The van der Waals surface area contributed by atoms with Crippen molar-refractivity contribution in [2.75, 3.05) is 14.7 Å². The predicted octanol–water partition coefficient (Wildman–Crippen LogP) is 21.0. The van der Waals surface area contributed by atoms with Gasteiger partial charge in [-0.2, -0.15) is 0 Å². The number of benzene rings is 10. The van der Waals surface area contributed by atoms with Crippen molar-refractivity contribution in [1.82, 2.24) is 0 Å². The fourth-order valence-electron chi connectivity index (χ4n) is 16.3. The Labute approximate surface area is 529 Å². The maximum absolute atomic E-state index is 6.84. The minimum absolute atomic E-state index is 0.0264. The maximum Gasteiger partial charge on any atom is 0.252 e. The first-order valence-corrected chi connectivity index (χ1v) is 32.4. The van der Waals surface area contributed by atoms with E-state index in [9.17, 15) is 0 Å². The van der Waals surface area contributed by atoms with Gasteiger partial charge in [0.15, 0.2) is 0 Å². The average Bonchev–Trinajstić information content (AvgIpc) is 0.825. The first-order chi connectivity index (χ1) is 42.1. The van der Waals surface area contributed by atoms with Crippen molar-refractivity contribution < 1.29 is 4.42 Å². The Hall–Kier alpha value is -8.54. The van der Waals surface area contributed by atoms with Gasteiger partial charge in [0.05, 0.1) is 16.8 Å². The van der Waals surface area contributed by atoms with Gasteiger partial charge in [0.25, 0.3) is 6.71 Å². The summed E-state index contributed by atoms with van der Waals surface area (Å²) >= 11 is 0. The molecule has 0 fully saturated rings. The normalized spacial score (nSPS) is 16.4. The van der Waals surface area contributed by atoms with Gasteiger partial charge < -0.3 is 19.1 Å². The molecule has 0 unspecified atom stereocenters. The van der Waals surface area contributed by atoms with Crippen LogP contribution in [0.4, 0.5) is 51.2 Å². The Morgan fingerprint density at radius 3 is 1.34 bits per heavy atom. The maximum atomic E-state index is 6.84. The Morgan fingerprint density at radius 2 is 0.787 bits per heavy atom. The van der Waals surface area contributed by atoms with Gasteiger partial charge in [0, 0.05) is 66.9 Å². The topological polar surface area (TPSA) is 22.9 Å². The van der Waals surface area contributed by atoms with E-state index >= 15 is 0 Å². The van der Waals surface area contributed by atoms with Gasteiger partial charge in [-0.15, -0.1) is 0 Å². The molecule has 15 rings (SSSR count). The number of anilines is 9. The third-order valence-corrected chi connectivity index (χ3v) is 21.4. The number of hydrogen-bond donors (Lipinski definition) is 0. The van der Waals surface area contributed by atoms with E-state index in [0.717, 1.165) is 56.1 Å². The summed E-state index contributed by atoms with van der Waals surface area (Å²) in [7, 11) is 0. The van der Waals surface area contributed by atoms with Crippen LogP contribution in [0, 0.1) is 0 Å². The van der Waals surface area contributed by atoms with Crippen LogP contribution < -0.4 is 31.1 Å². The summed E-state index contributed by atoms with van der Waals surface area (Å²) in [5.41, 5.74) is 29.6. The van der Waals surface area contributed by atoms with Gasteiger partial charge in [0.1, 0.15) is 11.2 Å². The molecule has 0 radical (unpaired) electrons. The summed E-state index contributed by atoms with van der Waals surface area (Å²) in [5, 5.41) is 2.20. The molecule has 0 saturated carbocycles. The zero-order valence-electron chi connectivity index (χ0n) is 55.4. The van der Waals surface area contributed by atoms with E-state index in [1.54, 1.807) is 0 Å². The molecular formula is C84H84BN3O. The highest BCUT2D eigenvalue weighted by atomic mass is 16.3. The lowest BCUT2D eigenvalue weighted by atomic mass is 9.33. The summed E-state index contributed by atoms with van der Waals surface area (Å²) in [6.07, 6.45) is 0. The number of furan rings is 1. The first-order valence-electron chi connectivity index (χ1n) is 32.4. The predicted molar refractivity (Wildman–Crippen MR) is 380 cm³/mol. The van der Waals surface area contributed by atoms with Crippen LogP contribution in [0.2, 0.25) is 0 Å². The Morgan fingerprint density at radius 1 is 0.337 bits per heavy atom. The van der Waals surface area contributed by atoms with E-state index in [1.807, 2.05) is 0 Å². The smallest absolute Gasteiger partial charge is 0.252 e. The highest BCUT2D eigenvalue weighted by molar-refractivity contribution is 7.00. The minimum atomic E-state index is -0.303. The van der Waals surface area contributed by atoms with Crippen LogP contribution in [-0.2, 0) is 37.9 Å². The zero-order valence-corrected chi connectivity index (χ0v) is 55.4. The van der Waals surface area contributed by atoms with Gasteiger partial charge >= 0.3 is 0 Å². The van der Waals surface area contributed by atoms with E-state index in [2.05, 4.69) is 333 Å². The third-order valence-electron chi connectivity index (χ3n) is 21.4. The van der Waals surface area contributed by atoms with Crippen LogP contribution in [-0.4, -0.2) is 6.71 Å². The molecular weight excluding hydrogens is 1080 g/mol. The molecule has 0 spiro atoms. The van der Waals surface area contributed by atoms with Crippen molar-refractivity contribution in [3.8, 4) is 0 Å². The summed E-state index contributed by atoms with van der Waals surface area (Å²) in [4.78, 5) is 7.85. The number of nitrogens with zero attached hydrogens (tertiary/aromatic N) is 3. The molecule has 444 valence electrons. The van der Waals surface area contributed by atoms with Crippen LogP contribution in [0.3, 0.4) is 0 Å². The first kappa shape index (κ1) is 56.9. The molecule has 0 saturated heterocycles. The van der Waals surface area contributed by atoms with Gasteiger partial charge in [-0.1, -0.05) is 239 Å². The standard InChI is InChI=1S/C84H84BN3O/c1-78(2,3)51-33-38-54(39-34-51)86(55-40-35-52(36-41-55)79(4,5)6)57-47-72-77-73(48-57)88(70-30-24-32-75-76(70)58-25-18-23-31-74(58)89-75)69-44-37-53(80(7,8)9)45-67(69)85(77)68-49-65-66(84(16,17)62-29-22-21-28-61(62)83(65,14)15)50-71(68)87(72)56-42-43-63-64(46-56)82(12,13)60-27-20-19-26-59(60)81(63,10)11/h18-50H,1-17H3. The van der Waals surface area contributed by atoms with E-state index in [1.165, 1.54) is 94.6 Å². The molecule has 5 heteroatoms. The number of rotatable bonds is 5. The summed E-state index contributed by atoms with van der Waals surface area (Å²) < 4.78 is 6.84. The summed E-state index contributed by atoms with van der Waals surface area (Å²) in [6.45, 7) is 40.4. The van der Waals surface area contributed by atoms with E-state index < -0.39 is 0 Å². The second-order valence-electron chi connectivity index (χ2n) is 31.5. The molecule has 2 aliphatic carbocycles. The Kier molecular flexibility index (Phi) is 12.2. The molecule has 2 aliphatic heterocycles. The quantitative estimate of drug-likeness (QED) is 0.160. The molecule has 0 N–H and O–H groups in total. The van der Waals surface area contributed by atoms with E-state index in [0.29, 0.717) is 0 Å². The third kappa shape index (κ3) is 8.39. The van der Waals surface area contributed by atoms with Gasteiger partial charge in [0.2, 0.25) is 0 Å². The molecule has 1 aromatic heterocycles. The number of hydrogen-bond acceptors (Lipinski definition) is 4. The number of fused-ring (bicyclic) bond motifs is 11. The lowest BCUT2D eigenvalue weighted by Crippen LogP contribution is -2.62. The molecule has 3 heterocycles. The van der Waals surface area contributed by atoms with Crippen LogP contribution in [0.25, 0.3) is 21.9 Å². The molecule has 4 nitrogen and oxygen atoms in total. The van der Waals surface area contributed by atoms with Crippen molar-refractivity contribution in [3.05, 3.63) is 261 Å². The van der Waals surface area contributed by atoms with Crippen molar-refractivity contribution >= 4 is 96.2 Å². The van der Waals surface area contributed by atoms with E-state index in [-0.39, 0.29) is 44.6 Å².